The van der Waals surface area contributed by atoms with Crippen molar-refractivity contribution in [1.82, 2.24) is 4.72 Å². The molecule has 0 heterocycles. The lowest BCUT2D eigenvalue weighted by Crippen LogP contribution is -2.39. The maximum atomic E-state index is 12.3. The van der Waals surface area contributed by atoms with Crippen LogP contribution in [0, 0.1) is 6.92 Å². The standard InChI is InChI=1S/C16H19NO3S/c1-13-6-5-9-16(10-13)21(19,20)17-15(12-18)11-14-7-3-2-4-8-14/h2-10,15,17-18H,11-12H2,1H3/t15-/m0/s1. The van der Waals surface area contributed by atoms with Gasteiger partial charge in [-0.05, 0) is 36.6 Å². The highest BCUT2D eigenvalue weighted by atomic mass is 32.2. The van der Waals surface area contributed by atoms with Crippen molar-refractivity contribution >= 4 is 10.0 Å². The van der Waals surface area contributed by atoms with Crippen LogP contribution in [0.1, 0.15) is 11.1 Å². The van der Waals surface area contributed by atoms with Gasteiger partial charge in [0.15, 0.2) is 0 Å². The second-order valence-corrected chi connectivity index (χ2v) is 6.72. The summed E-state index contributed by atoms with van der Waals surface area (Å²) >= 11 is 0. The van der Waals surface area contributed by atoms with Crippen LogP contribution in [0.5, 0.6) is 0 Å². The Bertz CT molecular complexity index is 684. The van der Waals surface area contributed by atoms with Crippen LogP contribution in [-0.4, -0.2) is 26.2 Å². The summed E-state index contributed by atoms with van der Waals surface area (Å²) in [6, 6.07) is 15.6. The molecule has 4 nitrogen and oxygen atoms in total. The zero-order valence-electron chi connectivity index (χ0n) is 11.9. The van der Waals surface area contributed by atoms with Crippen molar-refractivity contribution < 1.29 is 13.5 Å². The predicted octanol–water partition coefficient (Wildman–Crippen LogP) is 1.88. The van der Waals surface area contributed by atoms with Gasteiger partial charge in [0.1, 0.15) is 0 Å². The summed E-state index contributed by atoms with van der Waals surface area (Å²) in [5.74, 6) is 0. The quantitative estimate of drug-likeness (QED) is 0.856. The highest BCUT2D eigenvalue weighted by molar-refractivity contribution is 7.89. The molecule has 0 aliphatic rings. The number of aliphatic hydroxyl groups excluding tert-OH is 1. The van der Waals surface area contributed by atoms with E-state index in [9.17, 15) is 13.5 Å². The first kappa shape index (κ1) is 15.7. The normalized spacial score (nSPS) is 13.0. The Hall–Kier alpha value is -1.69. The maximum absolute atomic E-state index is 12.3. The SMILES string of the molecule is Cc1cccc(S(=O)(=O)N[C@H](CO)Cc2ccccc2)c1. The van der Waals surface area contributed by atoms with Crippen LogP contribution in [0.2, 0.25) is 0 Å². The molecule has 2 aromatic rings. The van der Waals surface area contributed by atoms with Crippen molar-refractivity contribution in [2.45, 2.75) is 24.3 Å². The van der Waals surface area contributed by atoms with Gasteiger partial charge in [-0.15, -0.1) is 0 Å². The van der Waals surface area contributed by atoms with Crippen LogP contribution in [0.3, 0.4) is 0 Å². The van der Waals surface area contributed by atoms with Gasteiger partial charge in [-0.25, -0.2) is 13.1 Å². The average Bonchev–Trinajstić information content (AvgIpc) is 2.47. The van der Waals surface area contributed by atoms with E-state index in [1.54, 1.807) is 18.2 Å². The summed E-state index contributed by atoms with van der Waals surface area (Å²) in [6.45, 7) is 1.59. The smallest absolute Gasteiger partial charge is 0.240 e. The fourth-order valence-electron chi connectivity index (χ4n) is 2.11. The Morgan fingerprint density at radius 3 is 2.43 bits per heavy atom. The second-order valence-electron chi connectivity index (χ2n) is 5.01. The minimum Gasteiger partial charge on any atom is -0.395 e. The minimum absolute atomic E-state index is 0.217. The molecule has 0 saturated carbocycles. The van der Waals surface area contributed by atoms with Crippen LogP contribution < -0.4 is 4.72 Å². The van der Waals surface area contributed by atoms with E-state index in [4.69, 9.17) is 0 Å². The molecule has 0 aromatic heterocycles. The first-order valence-corrected chi connectivity index (χ1v) is 8.23. The van der Waals surface area contributed by atoms with Crippen LogP contribution in [-0.2, 0) is 16.4 Å². The van der Waals surface area contributed by atoms with E-state index in [0.717, 1.165) is 11.1 Å². The van der Waals surface area contributed by atoms with Crippen LogP contribution in [0.25, 0.3) is 0 Å². The van der Waals surface area contributed by atoms with Gasteiger partial charge in [0, 0.05) is 6.04 Å². The van der Waals surface area contributed by atoms with Crippen molar-refractivity contribution in [3.8, 4) is 0 Å². The molecule has 0 unspecified atom stereocenters. The second kappa shape index (κ2) is 6.85. The Morgan fingerprint density at radius 1 is 1.10 bits per heavy atom. The molecule has 0 aliphatic carbocycles. The van der Waals surface area contributed by atoms with Gasteiger partial charge in [0.2, 0.25) is 10.0 Å². The Balaban J connectivity index is 2.14. The third-order valence-electron chi connectivity index (χ3n) is 3.17. The third kappa shape index (κ3) is 4.39. The Morgan fingerprint density at radius 2 is 1.81 bits per heavy atom. The van der Waals surface area contributed by atoms with Crippen molar-refractivity contribution in [1.29, 1.82) is 0 Å². The van der Waals surface area contributed by atoms with E-state index < -0.39 is 16.1 Å². The lowest BCUT2D eigenvalue weighted by Gasteiger charge is -2.16. The van der Waals surface area contributed by atoms with E-state index in [-0.39, 0.29) is 11.5 Å². The Labute approximate surface area is 125 Å². The first-order valence-electron chi connectivity index (χ1n) is 6.75. The van der Waals surface area contributed by atoms with Crippen molar-refractivity contribution in [3.05, 3.63) is 65.7 Å². The molecule has 2 N–H and O–H groups in total. The molecule has 0 spiro atoms. The summed E-state index contributed by atoms with van der Waals surface area (Å²) in [4.78, 5) is 0.217. The largest absolute Gasteiger partial charge is 0.395 e. The minimum atomic E-state index is -3.62. The Kier molecular flexibility index (Phi) is 5.12. The van der Waals surface area contributed by atoms with Crippen molar-refractivity contribution in [3.63, 3.8) is 0 Å². The molecule has 0 aliphatic heterocycles. The lowest BCUT2D eigenvalue weighted by atomic mass is 10.1. The highest BCUT2D eigenvalue weighted by Crippen LogP contribution is 2.12. The fraction of sp³-hybridized carbons (Fsp3) is 0.250. The number of sulfonamides is 1. The summed E-state index contributed by atoms with van der Waals surface area (Å²) < 4.78 is 27.2. The van der Waals surface area contributed by atoms with Crippen LogP contribution in [0.4, 0.5) is 0 Å². The van der Waals surface area contributed by atoms with E-state index in [1.165, 1.54) is 0 Å². The first-order chi connectivity index (χ1) is 10.0. The highest BCUT2D eigenvalue weighted by Gasteiger charge is 2.19. The van der Waals surface area contributed by atoms with Gasteiger partial charge in [0.25, 0.3) is 0 Å². The van der Waals surface area contributed by atoms with Crippen LogP contribution >= 0.6 is 0 Å². The number of aryl methyl sites for hydroxylation is 1. The van der Waals surface area contributed by atoms with Gasteiger partial charge < -0.3 is 5.11 Å². The molecule has 0 radical (unpaired) electrons. The zero-order valence-corrected chi connectivity index (χ0v) is 12.7. The topological polar surface area (TPSA) is 66.4 Å². The number of benzene rings is 2. The van der Waals surface area contributed by atoms with E-state index >= 15 is 0 Å². The number of rotatable bonds is 6. The number of aliphatic hydroxyl groups is 1. The molecule has 112 valence electrons. The van der Waals surface area contributed by atoms with Gasteiger partial charge in [-0.2, -0.15) is 0 Å². The molecule has 0 fully saturated rings. The van der Waals surface area contributed by atoms with Gasteiger partial charge in [-0.3, -0.25) is 0 Å². The van der Waals surface area contributed by atoms with E-state index in [2.05, 4.69) is 4.72 Å². The van der Waals surface area contributed by atoms with Crippen molar-refractivity contribution in [2.75, 3.05) is 6.61 Å². The monoisotopic (exact) mass is 305 g/mol. The summed E-state index contributed by atoms with van der Waals surface area (Å²) in [5.41, 5.74) is 1.85. The third-order valence-corrected chi connectivity index (χ3v) is 4.69. The summed E-state index contributed by atoms with van der Waals surface area (Å²) in [6.07, 6.45) is 0.447. The number of hydrogen-bond donors (Lipinski definition) is 2. The molecule has 0 bridgehead atoms. The van der Waals surface area contributed by atoms with Gasteiger partial charge in [0.05, 0.1) is 11.5 Å². The van der Waals surface area contributed by atoms with E-state index in [0.29, 0.717) is 6.42 Å². The molecule has 0 saturated heterocycles. The van der Waals surface area contributed by atoms with Gasteiger partial charge in [-0.1, -0.05) is 42.5 Å². The molecule has 2 aromatic carbocycles. The molecular weight excluding hydrogens is 286 g/mol. The zero-order chi connectivity index (χ0) is 15.3. The maximum Gasteiger partial charge on any atom is 0.240 e. The molecular formula is C16H19NO3S. The van der Waals surface area contributed by atoms with E-state index in [1.807, 2.05) is 43.3 Å². The molecule has 1 atom stereocenters. The van der Waals surface area contributed by atoms with Crippen LogP contribution in [0.15, 0.2) is 59.5 Å². The average molecular weight is 305 g/mol. The van der Waals surface area contributed by atoms with Gasteiger partial charge >= 0.3 is 0 Å². The number of hydrogen-bond acceptors (Lipinski definition) is 3. The molecule has 0 amide bonds. The molecule has 2 rings (SSSR count). The summed E-state index contributed by atoms with van der Waals surface area (Å²) in [7, 11) is -3.62. The lowest BCUT2D eigenvalue weighted by molar-refractivity contribution is 0.256. The number of nitrogens with one attached hydrogen (secondary N) is 1. The van der Waals surface area contributed by atoms with Crippen molar-refractivity contribution in [2.24, 2.45) is 0 Å². The molecule has 21 heavy (non-hydrogen) atoms. The summed E-state index contributed by atoms with van der Waals surface area (Å²) in [5, 5.41) is 9.43. The molecule has 5 heteroatoms. The fourth-order valence-corrected chi connectivity index (χ4v) is 3.44. The predicted molar refractivity (Wildman–Crippen MR) is 82.5 cm³/mol.